The molecule has 0 saturated carbocycles. The van der Waals surface area contributed by atoms with Crippen molar-refractivity contribution in [1.82, 2.24) is 9.97 Å². The quantitative estimate of drug-likeness (QED) is 0.663. The van der Waals surface area contributed by atoms with Crippen molar-refractivity contribution in [2.75, 3.05) is 0 Å². The summed E-state index contributed by atoms with van der Waals surface area (Å²) < 4.78 is 26.9. The van der Waals surface area contributed by atoms with E-state index in [0.29, 0.717) is 5.82 Å². The second-order valence-electron chi connectivity index (χ2n) is 5.23. The molecule has 0 radical (unpaired) electrons. The Morgan fingerprint density at radius 3 is 1.87 bits per heavy atom. The SMILES string of the molecule is Cc1cnc(C(c2ccc(F)c(Cl)c2)c2ccc(F)c(Cl)c2)[nH]1. The van der Waals surface area contributed by atoms with Crippen LogP contribution in [0.3, 0.4) is 0 Å². The molecule has 0 fully saturated rings. The summed E-state index contributed by atoms with van der Waals surface area (Å²) in [6.07, 6.45) is 1.69. The van der Waals surface area contributed by atoms with Crippen molar-refractivity contribution >= 4 is 23.2 Å². The molecule has 1 aromatic heterocycles. The van der Waals surface area contributed by atoms with Gasteiger partial charge in [0.05, 0.1) is 16.0 Å². The zero-order valence-electron chi connectivity index (χ0n) is 12.1. The van der Waals surface area contributed by atoms with E-state index >= 15 is 0 Å². The molecule has 23 heavy (non-hydrogen) atoms. The average molecular weight is 353 g/mol. The molecule has 0 amide bonds. The lowest BCUT2D eigenvalue weighted by atomic mass is 9.90. The van der Waals surface area contributed by atoms with Gasteiger partial charge in [0.15, 0.2) is 0 Å². The van der Waals surface area contributed by atoms with Crippen LogP contribution in [-0.2, 0) is 0 Å². The number of hydrogen-bond donors (Lipinski definition) is 1. The minimum Gasteiger partial charge on any atom is -0.345 e. The first kappa shape index (κ1) is 16.0. The number of rotatable bonds is 3. The predicted octanol–water partition coefficient (Wildman–Crippen LogP) is 5.48. The number of halogens is 4. The van der Waals surface area contributed by atoms with E-state index in [9.17, 15) is 8.78 Å². The number of imidazole rings is 1. The van der Waals surface area contributed by atoms with Crippen LogP contribution >= 0.6 is 23.2 Å². The van der Waals surface area contributed by atoms with Gasteiger partial charge in [0.1, 0.15) is 17.5 Å². The Morgan fingerprint density at radius 2 is 1.48 bits per heavy atom. The molecule has 0 saturated heterocycles. The van der Waals surface area contributed by atoms with Gasteiger partial charge in [-0.05, 0) is 42.3 Å². The van der Waals surface area contributed by atoms with Gasteiger partial charge in [0.2, 0.25) is 0 Å². The summed E-state index contributed by atoms with van der Waals surface area (Å²) in [7, 11) is 0. The monoisotopic (exact) mass is 352 g/mol. The largest absolute Gasteiger partial charge is 0.345 e. The van der Waals surface area contributed by atoms with Crippen molar-refractivity contribution < 1.29 is 8.78 Å². The third kappa shape index (κ3) is 3.23. The highest BCUT2D eigenvalue weighted by Gasteiger charge is 2.21. The minimum absolute atomic E-state index is 0.0176. The van der Waals surface area contributed by atoms with Gasteiger partial charge in [-0.25, -0.2) is 13.8 Å². The molecule has 1 N–H and O–H groups in total. The fraction of sp³-hybridized carbons (Fsp3) is 0.118. The summed E-state index contributed by atoms with van der Waals surface area (Å²) in [5.41, 5.74) is 2.34. The Morgan fingerprint density at radius 1 is 0.957 bits per heavy atom. The minimum atomic E-state index is -0.498. The average Bonchev–Trinajstić information content (AvgIpc) is 2.93. The van der Waals surface area contributed by atoms with E-state index in [0.717, 1.165) is 16.8 Å². The third-order valence-electron chi connectivity index (χ3n) is 3.55. The molecule has 6 heteroatoms. The molecule has 0 spiro atoms. The first-order valence-corrected chi connectivity index (χ1v) is 7.62. The molecule has 2 nitrogen and oxygen atoms in total. The van der Waals surface area contributed by atoms with Crippen molar-refractivity contribution in [2.45, 2.75) is 12.8 Å². The van der Waals surface area contributed by atoms with E-state index < -0.39 is 11.6 Å². The first-order chi connectivity index (χ1) is 11.0. The van der Waals surface area contributed by atoms with E-state index in [2.05, 4.69) is 9.97 Å². The van der Waals surface area contributed by atoms with E-state index in [1.54, 1.807) is 18.3 Å². The van der Waals surface area contributed by atoms with Gasteiger partial charge in [-0.15, -0.1) is 0 Å². The number of nitrogens with one attached hydrogen (secondary N) is 1. The summed E-state index contributed by atoms with van der Waals surface area (Å²) in [6.45, 7) is 1.88. The van der Waals surface area contributed by atoms with E-state index in [-0.39, 0.29) is 16.0 Å². The number of nitrogens with zero attached hydrogens (tertiary/aromatic N) is 1. The zero-order chi connectivity index (χ0) is 16.6. The highest BCUT2D eigenvalue weighted by atomic mass is 35.5. The van der Waals surface area contributed by atoms with Crippen molar-refractivity contribution in [3.63, 3.8) is 0 Å². The molecule has 0 aliphatic heterocycles. The molecular weight excluding hydrogens is 341 g/mol. The number of benzene rings is 2. The molecule has 0 atom stereocenters. The summed E-state index contributed by atoms with van der Waals surface area (Å²) in [4.78, 5) is 7.50. The van der Waals surface area contributed by atoms with Gasteiger partial charge >= 0.3 is 0 Å². The van der Waals surface area contributed by atoms with Crippen LogP contribution in [0, 0.1) is 18.6 Å². The van der Waals surface area contributed by atoms with Crippen LogP contribution in [0.4, 0.5) is 8.78 Å². The van der Waals surface area contributed by atoms with Crippen molar-refractivity contribution in [3.8, 4) is 0 Å². The number of H-pyrrole nitrogens is 1. The van der Waals surface area contributed by atoms with Gasteiger partial charge in [0.25, 0.3) is 0 Å². The maximum Gasteiger partial charge on any atom is 0.141 e. The van der Waals surface area contributed by atoms with Gasteiger partial charge in [-0.2, -0.15) is 0 Å². The van der Waals surface area contributed by atoms with E-state index in [1.807, 2.05) is 6.92 Å². The smallest absolute Gasteiger partial charge is 0.141 e. The molecule has 3 aromatic rings. The topological polar surface area (TPSA) is 28.7 Å². The summed E-state index contributed by atoms with van der Waals surface area (Å²) in [5, 5.41) is 0.0352. The Hall–Kier alpha value is -1.91. The van der Waals surface area contributed by atoms with Crippen LogP contribution in [0.1, 0.15) is 28.6 Å². The molecule has 118 valence electrons. The molecule has 0 bridgehead atoms. The Bertz CT molecular complexity index is 810. The maximum atomic E-state index is 13.5. The van der Waals surface area contributed by atoms with E-state index in [4.69, 9.17) is 23.2 Å². The van der Waals surface area contributed by atoms with Crippen LogP contribution in [0.5, 0.6) is 0 Å². The number of aromatic amines is 1. The van der Waals surface area contributed by atoms with Crippen LogP contribution < -0.4 is 0 Å². The van der Waals surface area contributed by atoms with Gasteiger partial charge < -0.3 is 4.98 Å². The fourth-order valence-electron chi connectivity index (χ4n) is 2.47. The molecule has 0 aliphatic rings. The normalized spacial score (nSPS) is 11.2. The second kappa shape index (κ2) is 6.30. The number of hydrogen-bond acceptors (Lipinski definition) is 1. The Labute approximate surface area is 142 Å². The lowest BCUT2D eigenvalue weighted by Gasteiger charge is -2.17. The fourth-order valence-corrected chi connectivity index (χ4v) is 2.85. The zero-order valence-corrected chi connectivity index (χ0v) is 13.6. The summed E-state index contributed by atoms with van der Waals surface area (Å²) in [5.74, 6) is -0.711. The Balaban J connectivity index is 2.17. The molecular formula is C17H12Cl2F2N2. The van der Waals surface area contributed by atoms with Crippen molar-refractivity contribution in [1.29, 1.82) is 0 Å². The standard InChI is InChI=1S/C17H12Cl2F2N2/c1-9-8-22-17(23-9)16(10-2-4-14(20)12(18)6-10)11-3-5-15(21)13(19)7-11/h2-8,16H,1H3,(H,22,23). The summed E-state index contributed by atoms with van der Waals surface area (Å²) in [6, 6.07) is 8.92. The molecule has 2 aromatic carbocycles. The highest BCUT2D eigenvalue weighted by Crippen LogP contribution is 2.34. The van der Waals surface area contributed by atoms with E-state index in [1.165, 1.54) is 24.3 Å². The van der Waals surface area contributed by atoms with Crippen molar-refractivity contribution in [3.05, 3.63) is 86.9 Å². The highest BCUT2D eigenvalue weighted by molar-refractivity contribution is 6.31. The lowest BCUT2D eigenvalue weighted by molar-refractivity contribution is 0.626. The van der Waals surface area contributed by atoms with Gasteiger partial charge in [-0.1, -0.05) is 35.3 Å². The maximum absolute atomic E-state index is 13.5. The first-order valence-electron chi connectivity index (χ1n) is 6.87. The van der Waals surface area contributed by atoms with Crippen LogP contribution in [0.25, 0.3) is 0 Å². The van der Waals surface area contributed by atoms with Crippen LogP contribution in [-0.4, -0.2) is 9.97 Å². The second-order valence-corrected chi connectivity index (χ2v) is 6.05. The lowest BCUT2D eigenvalue weighted by Crippen LogP contribution is -2.06. The number of aryl methyl sites for hydroxylation is 1. The van der Waals surface area contributed by atoms with Crippen LogP contribution in [0.2, 0.25) is 10.0 Å². The molecule has 0 aliphatic carbocycles. The van der Waals surface area contributed by atoms with Crippen LogP contribution in [0.15, 0.2) is 42.6 Å². The third-order valence-corrected chi connectivity index (χ3v) is 4.13. The van der Waals surface area contributed by atoms with Gasteiger partial charge in [0, 0.05) is 11.9 Å². The molecule has 3 rings (SSSR count). The van der Waals surface area contributed by atoms with Crippen molar-refractivity contribution in [2.24, 2.45) is 0 Å². The molecule has 0 unspecified atom stereocenters. The van der Waals surface area contributed by atoms with Gasteiger partial charge in [-0.3, -0.25) is 0 Å². The predicted molar refractivity (Wildman–Crippen MR) is 87.1 cm³/mol. The Kier molecular flexibility index (Phi) is 4.37. The molecule has 1 heterocycles. The number of aromatic nitrogens is 2. The summed E-state index contributed by atoms with van der Waals surface area (Å²) >= 11 is 11.8.